The summed E-state index contributed by atoms with van der Waals surface area (Å²) in [6, 6.07) is 16.6. The van der Waals surface area contributed by atoms with E-state index in [0.717, 1.165) is 21.6 Å². The molecule has 1 aliphatic heterocycles. The average Bonchev–Trinajstić information content (AvgIpc) is 2.78. The van der Waals surface area contributed by atoms with E-state index in [1.165, 1.54) is 6.08 Å². The smallest absolute Gasteiger partial charge is 0.335 e. The highest BCUT2D eigenvalue weighted by Crippen LogP contribution is 2.30. The number of hydrogen-bond donors (Lipinski definition) is 1. The fourth-order valence-electron chi connectivity index (χ4n) is 3.62. The molecule has 4 rings (SSSR count). The molecule has 0 bridgehead atoms. The van der Waals surface area contributed by atoms with Gasteiger partial charge in [-0.05, 0) is 55.8 Å². The van der Waals surface area contributed by atoms with Crippen molar-refractivity contribution < 1.29 is 19.1 Å². The minimum Gasteiger partial charge on any atom is -0.488 e. The van der Waals surface area contributed by atoms with Crippen molar-refractivity contribution in [2.75, 3.05) is 4.90 Å². The van der Waals surface area contributed by atoms with Gasteiger partial charge in [0.2, 0.25) is 0 Å². The van der Waals surface area contributed by atoms with Crippen molar-refractivity contribution in [3.8, 4) is 5.75 Å². The number of anilines is 1. The lowest BCUT2D eigenvalue weighted by molar-refractivity contribution is -0.122. The van der Waals surface area contributed by atoms with Crippen molar-refractivity contribution in [1.29, 1.82) is 0 Å². The Morgan fingerprint density at radius 3 is 2.47 bits per heavy atom. The van der Waals surface area contributed by atoms with Gasteiger partial charge in [0.25, 0.3) is 11.8 Å². The van der Waals surface area contributed by atoms with Gasteiger partial charge in [-0.2, -0.15) is 0 Å². The van der Waals surface area contributed by atoms with E-state index >= 15 is 0 Å². The van der Waals surface area contributed by atoms with Gasteiger partial charge < -0.3 is 4.74 Å². The lowest BCUT2D eigenvalue weighted by Crippen LogP contribution is -2.54. The molecule has 3 aromatic rings. The summed E-state index contributed by atoms with van der Waals surface area (Å²) in [5, 5.41) is 3.19. The lowest BCUT2D eigenvalue weighted by Gasteiger charge is -2.27. The second-order valence-electron chi connectivity index (χ2n) is 7.81. The van der Waals surface area contributed by atoms with Crippen LogP contribution in [0.25, 0.3) is 6.08 Å². The highest BCUT2D eigenvalue weighted by atomic mass is 35.5. The molecule has 3 aromatic carbocycles. The minimum atomic E-state index is -0.805. The normalized spacial score (nSPS) is 15.0. The number of carbonyl (C=O) groups excluding carboxylic acids is 3. The predicted octanol–water partition coefficient (Wildman–Crippen LogP) is 5.86. The Labute approximate surface area is 206 Å². The van der Waals surface area contributed by atoms with Crippen molar-refractivity contribution in [3.05, 3.63) is 98.5 Å². The van der Waals surface area contributed by atoms with Gasteiger partial charge in [0.15, 0.2) is 0 Å². The number of urea groups is 1. The number of hydrogen-bond acceptors (Lipinski definition) is 4. The molecule has 0 atom stereocenters. The average molecular weight is 495 g/mol. The van der Waals surface area contributed by atoms with E-state index in [1.807, 2.05) is 31.2 Å². The number of nitrogens with one attached hydrogen (secondary N) is 1. The number of carbonyl (C=O) groups is 3. The molecule has 0 spiro atoms. The summed E-state index contributed by atoms with van der Waals surface area (Å²) >= 11 is 12.4. The van der Waals surface area contributed by atoms with Crippen LogP contribution >= 0.6 is 23.2 Å². The Morgan fingerprint density at radius 2 is 1.74 bits per heavy atom. The monoisotopic (exact) mass is 494 g/mol. The summed E-state index contributed by atoms with van der Waals surface area (Å²) in [7, 11) is 0. The number of rotatable bonds is 5. The van der Waals surface area contributed by atoms with Crippen LogP contribution in [-0.2, 0) is 16.2 Å². The molecule has 34 heavy (non-hydrogen) atoms. The van der Waals surface area contributed by atoms with E-state index in [0.29, 0.717) is 27.0 Å². The van der Waals surface area contributed by atoms with Gasteiger partial charge in [0, 0.05) is 21.2 Å². The predicted molar refractivity (Wildman–Crippen MR) is 132 cm³/mol. The van der Waals surface area contributed by atoms with Crippen LogP contribution in [0.1, 0.15) is 22.3 Å². The van der Waals surface area contributed by atoms with Crippen LogP contribution in [0.2, 0.25) is 10.0 Å². The number of benzene rings is 3. The standard InChI is InChI=1S/C26H20Cl2N2O4/c1-15-7-9-22(16(2)11-15)30-25(32)20(24(31)29-26(30)33)13-18-12-19(27)8-10-23(18)34-14-17-5-3-4-6-21(17)28/h3-13H,14H2,1-2H3,(H,29,31,33)/b20-13+. The summed E-state index contributed by atoms with van der Waals surface area (Å²) in [4.78, 5) is 39.4. The molecule has 0 unspecified atom stereocenters. The first-order valence-corrected chi connectivity index (χ1v) is 11.1. The third kappa shape index (κ3) is 4.83. The zero-order chi connectivity index (χ0) is 24.4. The van der Waals surface area contributed by atoms with Gasteiger partial charge in [0.05, 0.1) is 5.69 Å². The number of imide groups is 2. The second-order valence-corrected chi connectivity index (χ2v) is 8.65. The maximum atomic E-state index is 13.3. The first-order valence-electron chi connectivity index (χ1n) is 10.4. The van der Waals surface area contributed by atoms with Crippen LogP contribution in [0.5, 0.6) is 5.75 Å². The molecule has 1 N–H and O–H groups in total. The Morgan fingerprint density at radius 1 is 0.971 bits per heavy atom. The summed E-state index contributed by atoms with van der Waals surface area (Å²) in [5.74, 6) is -1.14. The molecule has 6 nitrogen and oxygen atoms in total. The first kappa shape index (κ1) is 23.5. The molecule has 1 heterocycles. The lowest BCUT2D eigenvalue weighted by atomic mass is 10.0. The molecule has 4 amide bonds. The van der Waals surface area contributed by atoms with Crippen molar-refractivity contribution in [2.45, 2.75) is 20.5 Å². The Kier molecular flexibility index (Phi) is 6.72. The first-order chi connectivity index (χ1) is 16.2. The zero-order valence-corrected chi connectivity index (χ0v) is 19.9. The van der Waals surface area contributed by atoms with Crippen LogP contribution in [0.4, 0.5) is 10.5 Å². The number of amides is 4. The molecular weight excluding hydrogens is 475 g/mol. The van der Waals surface area contributed by atoms with Gasteiger partial charge in [-0.15, -0.1) is 0 Å². The van der Waals surface area contributed by atoms with E-state index in [2.05, 4.69) is 5.32 Å². The van der Waals surface area contributed by atoms with E-state index < -0.39 is 17.8 Å². The van der Waals surface area contributed by atoms with Crippen LogP contribution in [-0.4, -0.2) is 17.8 Å². The third-order valence-electron chi connectivity index (χ3n) is 5.31. The second kappa shape index (κ2) is 9.71. The maximum Gasteiger partial charge on any atom is 0.335 e. The van der Waals surface area contributed by atoms with Gasteiger partial charge in [-0.3, -0.25) is 14.9 Å². The highest BCUT2D eigenvalue weighted by Gasteiger charge is 2.37. The molecule has 1 aliphatic rings. The van der Waals surface area contributed by atoms with Crippen LogP contribution in [0.15, 0.2) is 66.2 Å². The van der Waals surface area contributed by atoms with E-state index in [1.54, 1.807) is 43.3 Å². The van der Waals surface area contributed by atoms with Gasteiger partial charge in [-0.25, -0.2) is 9.69 Å². The molecule has 0 aromatic heterocycles. The number of aryl methyl sites for hydroxylation is 2. The Bertz CT molecular complexity index is 1350. The molecule has 0 aliphatic carbocycles. The molecule has 172 valence electrons. The van der Waals surface area contributed by atoms with E-state index in [9.17, 15) is 14.4 Å². The van der Waals surface area contributed by atoms with Crippen molar-refractivity contribution in [2.24, 2.45) is 0 Å². The minimum absolute atomic E-state index is 0.171. The quantitative estimate of drug-likeness (QED) is 0.356. The van der Waals surface area contributed by atoms with Crippen LogP contribution in [0, 0.1) is 13.8 Å². The van der Waals surface area contributed by atoms with E-state index in [-0.39, 0.29) is 12.2 Å². The molecule has 0 saturated carbocycles. The van der Waals surface area contributed by atoms with Crippen LogP contribution in [0.3, 0.4) is 0 Å². The summed E-state index contributed by atoms with van der Waals surface area (Å²) in [6.07, 6.45) is 1.37. The van der Waals surface area contributed by atoms with Crippen molar-refractivity contribution in [1.82, 2.24) is 5.32 Å². The maximum absolute atomic E-state index is 13.3. The molecule has 1 fully saturated rings. The van der Waals surface area contributed by atoms with Crippen molar-refractivity contribution >= 4 is 52.8 Å². The van der Waals surface area contributed by atoms with Crippen LogP contribution < -0.4 is 15.0 Å². The molecule has 8 heteroatoms. The fraction of sp³-hybridized carbons (Fsp3) is 0.115. The van der Waals surface area contributed by atoms with E-state index in [4.69, 9.17) is 27.9 Å². The number of ether oxygens (including phenoxy) is 1. The largest absolute Gasteiger partial charge is 0.488 e. The highest BCUT2D eigenvalue weighted by molar-refractivity contribution is 6.39. The summed E-state index contributed by atoms with van der Waals surface area (Å²) in [6.45, 7) is 3.87. The Balaban J connectivity index is 1.70. The van der Waals surface area contributed by atoms with Gasteiger partial charge in [-0.1, -0.05) is 59.1 Å². The third-order valence-corrected chi connectivity index (χ3v) is 5.91. The SMILES string of the molecule is Cc1ccc(N2C(=O)NC(=O)/C(=C\c3cc(Cl)ccc3OCc3ccccc3Cl)C2=O)c(C)c1. The molecular formula is C26H20Cl2N2O4. The molecule has 1 saturated heterocycles. The van der Waals surface area contributed by atoms with Crippen molar-refractivity contribution in [3.63, 3.8) is 0 Å². The topological polar surface area (TPSA) is 75.7 Å². The zero-order valence-electron chi connectivity index (χ0n) is 18.4. The number of halogens is 2. The fourth-order valence-corrected chi connectivity index (χ4v) is 3.99. The summed E-state index contributed by atoms with van der Waals surface area (Å²) < 4.78 is 5.92. The number of nitrogens with zero attached hydrogens (tertiary/aromatic N) is 1. The Hall–Kier alpha value is -3.61. The number of barbiturate groups is 1. The van der Waals surface area contributed by atoms with Gasteiger partial charge in [0.1, 0.15) is 17.9 Å². The molecule has 0 radical (unpaired) electrons. The summed E-state index contributed by atoms with van der Waals surface area (Å²) in [5.41, 5.74) is 3.07. The van der Waals surface area contributed by atoms with Gasteiger partial charge >= 0.3 is 6.03 Å².